The first kappa shape index (κ1) is 30.0. The lowest BCUT2D eigenvalue weighted by Gasteiger charge is -2.28. The molecular formula is C26H33N3O9. The second-order valence-corrected chi connectivity index (χ2v) is 8.95. The molecule has 0 aliphatic carbocycles. The highest BCUT2D eigenvalue weighted by atomic mass is 16.6. The minimum absolute atomic E-state index is 0.0495. The zero-order valence-electron chi connectivity index (χ0n) is 21.7. The molecule has 38 heavy (non-hydrogen) atoms. The second kappa shape index (κ2) is 13.9. The minimum Gasteiger partial charge on any atom is -0.497 e. The molecule has 206 valence electrons. The zero-order valence-corrected chi connectivity index (χ0v) is 21.7. The third-order valence-electron chi connectivity index (χ3n) is 5.52. The van der Waals surface area contributed by atoms with E-state index < -0.39 is 41.6 Å². The first-order valence-electron chi connectivity index (χ1n) is 12.0. The number of nitro benzene ring substituents is 1. The van der Waals surface area contributed by atoms with E-state index in [0.29, 0.717) is 22.4 Å². The molecule has 0 saturated carbocycles. The summed E-state index contributed by atoms with van der Waals surface area (Å²) in [4.78, 5) is 49.1. The third kappa shape index (κ3) is 8.44. The largest absolute Gasteiger partial charge is 0.497 e. The van der Waals surface area contributed by atoms with Crippen LogP contribution < -0.4 is 10.1 Å². The van der Waals surface area contributed by atoms with Crippen LogP contribution in [0.1, 0.15) is 26.3 Å². The molecule has 2 aromatic rings. The molecule has 0 bridgehead atoms. The number of rotatable bonds is 13. The van der Waals surface area contributed by atoms with Gasteiger partial charge in [-0.25, -0.2) is 14.4 Å². The van der Waals surface area contributed by atoms with Gasteiger partial charge in [0, 0.05) is 19.0 Å². The van der Waals surface area contributed by atoms with Gasteiger partial charge in [0.1, 0.15) is 11.8 Å². The number of amides is 2. The maximum absolute atomic E-state index is 12.9. The molecule has 2 atom stereocenters. The Morgan fingerprint density at radius 2 is 1.76 bits per heavy atom. The van der Waals surface area contributed by atoms with Gasteiger partial charge in [-0.1, -0.05) is 32.0 Å². The number of hydrogen-bond donors (Lipinski definition) is 3. The van der Waals surface area contributed by atoms with Crippen molar-refractivity contribution < 1.29 is 39.0 Å². The van der Waals surface area contributed by atoms with Crippen molar-refractivity contribution >= 4 is 23.7 Å². The first-order chi connectivity index (χ1) is 18.0. The van der Waals surface area contributed by atoms with Crippen molar-refractivity contribution in [3.63, 3.8) is 0 Å². The zero-order chi connectivity index (χ0) is 28.4. The van der Waals surface area contributed by atoms with Crippen molar-refractivity contribution in [1.29, 1.82) is 0 Å². The Balaban J connectivity index is 2.25. The molecule has 3 N–H and O–H groups in total. The van der Waals surface area contributed by atoms with Crippen LogP contribution in [0.5, 0.6) is 5.75 Å². The Kier molecular flexibility index (Phi) is 11.0. The number of aliphatic carboxylic acids is 1. The van der Waals surface area contributed by atoms with Gasteiger partial charge in [-0.15, -0.1) is 0 Å². The number of carbonyl (C=O) groups is 3. The summed E-state index contributed by atoms with van der Waals surface area (Å²) in [6.07, 6.45) is -1.84. The van der Waals surface area contributed by atoms with Gasteiger partial charge < -0.3 is 29.9 Å². The Bertz CT molecular complexity index is 1140. The summed E-state index contributed by atoms with van der Waals surface area (Å²) in [6, 6.07) is 8.82. The number of benzene rings is 2. The van der Waals surface area contributed by atoms with E-state index in [1.807, 2.05) is 13.8 Å². The van der Waals surface area contributed by atoms with E-state index in [-0.39, 0.29) is 31.2 Å². The van der Waals surface area contributed by atoms with E-state index in [9.17, 15) is 34.7 Å². The lowest BCUT2D eigenvalue weighted by Crippen LogP contribution is -2.52. The molecule has 0 radical (unpaired) electrons. The van der Waals surface area contributed by atoms with Gasteiger partial charge in [0.15, 0.2) is 6.10 Å². The molecule has 0 saturated heterocycles. The molecular weight excluding hydrogens is 498 g/mol. The first-order valence-corrected chi connectivity index (χ1v) is 12.0. The van der Waals surface area contributed by atoms with Crippen LogP contribution in [-0.4, -0.2) is 77.0 Å². The van der Waals surface area contributed by atoms with Crippen LogP contribution in [-0.2, 0) is 20.7 Å². The molecule has 0 aliphatic heterocycles. The number of nitro groups is 1. The molecule has 2 rings (SSSR count). The maximum Gasteiger partial charge on any atom is 0.336 e. The summed E-state index contributed by atoms with van der Waals surface area (Å²) >= 11 is 0. The monoisotopic (exact) mass is 531 g/mol. The van der Waals surface area contributed by atoms with E-state index in [0.717, 1.165) is 4.90 Å². The van der Waals surface area contributed by atoms with Gasteiger partial charge in [-0.3, -0.25) is 10.1 Å². The summed E-state index contributed by atoms with van der Waals surface area (Å²) in [5.74, 6) is -1.70. The molecule has 2 amide bonds. The standard InChI is InChI=1S/C26H33N3O9/c1-5-38-25(33)23(30)15-28(14-16(2)3)26(34)27-21(24(31)32)12-17-6-11-20(22(13-17)29(35)36)18-7-9-19(37-4)10-8-18/h6-11,13,16,21,23,30H,5,12,14-15H2,1-4H3,(H,27,34)(H,31,32)/t21-,23-/m0/s1. The quantitative estimate of drug-likeness (QED) is 0.200. The molecule has 0 aliphatic rings. The highest BCUT2D eigenvalue weighted by molar-refractivity contribution is 5.84. The number of carboxylic acid groups (broad SMARTS) is 1. The number of esters is 1. The number of aliphatic hydroxyl groups is 1. The Labute approximate surface area is 220 Å². The van der Waals surface area contributed by atoms with Crippen LogP contribution >= 0.6 is 0 Å². The lowest BCUT2D eigenvalue weighted by atomic mass is 9.98. The highest BCUT2D eigenvalue weighted by Crippen LogP contribution is 2.32. The molecule has 0 aromatic heterocycles. The number of nitrogens with one attached hydrogen (secondary N) is 1. The minimum atomic E-state index is -1.60. The van der Waals surface area contributed by atoms with Gasteiger partial charge in [-0.2, -0.15) is 0 Å². The SMILES string of the molecule is CCOC(=O)[C@@H](O)CN(CC(C)C)C(=O)N[C@@H](Cc1ccc(-c2ccc(OC)cc2)c([N+](=O)[O-])c1)C(=O)O. The van der Waals surface area contributed by atoms with Crippen LogP contribution in [0.15, 0.2) is 42.5 Å². The summed E-state index contributed by atoms with van der Waals surface area (Å²) in [5, 5.41) is 34.0. The van der Waals surface area contributed by atoms with Crippen molar-refractivity contribution in [2.24, 2.45) is 5.92 Å². The summed E-state index contributed by atoms with van der Waals surface area (Å²) in [5.41, 5.74) is 1.02. The van der Waals surface area contributed by atoms with E-state index in [4.69, 9.17) is 9.47 Å². The summed E-state index contributed by atoms with van der Waals surface area (Å²) in [6.45, 7) is 5.00. The van der Waals surface area contributed by atoms with Crippen molar-refractivity contribution in [3.05, 3.63) is 58.1 Å². The number of hydrogen-bond acceptors (Lipinski definition) is 8. The predicted molar refractivity (Wildman–Crippen MR) is 138 cm³/mol. The van der Waals surface area contributed by atoms with Gasteiger partial charge in [-0.05, 0) is 42.2 Å². The Hall–Kier alpha value is -4.19. The van der Waals surface area contributed by atoms with Crippen LogP contribution in [0, 0.1) is 16.0 Å². The fourth-order valence-electron chi connectivity index (χ4n) is 3.75. The van der Waals surface area contributed by atoms with Gasteiger partial charge in [0.2, 0.25) is 0 Å². The van der Waals surface area contributed by atoms with Crippen molar-refractivity contribution in [2.45, 2.75) is 39.3 Å². The molecule has 0 fully saturated rings. The molecule has 2 aromatic carbocycles. The average molecular weight is 532 g/mol. The fourth-order valence-corrected chi connectivity index (χ4v) is 3.75. The van der Waals surface area contributed by atoms with Crippen molar-refractivity contribution in [2.75, 3.05) is 26.8 Å². The predicted octanol–water partition coefficient (Wildman–Crippen LogP) is 2.86. The van der Waals surface area contributed by atoms with Gasteiger partial charge >= 0.3 is 18.0 Å². The average Bonchev–Trinajstić information content (AvgIpc) is 2.87. The third-order valence-corrected chi connectivity index (χ3v) is 5.52. The number of ether oxygens (including phenoxy) is 2. The van der Waals surface area contributed by atoms with E-state index in [1.54, 1.807) is 37.3 Å². The molecule has 0 unspecified atom stereocenters. The molecule has 0 spiro atoms. The number of methoxy groups -OCH3 is 1. The van der Waals surface area contributed by atoms with E-state index >= 15 is 0 Å². The smallest absolute Gasteiger partial charge is 0.336 e. The lowest BCUT2D eigenvalue weighted by molar-refractivity contribution is -0.384. The number of carboxylic acids is 1. The normalized spacial score (nSPS) is 12.4. The summed E-state index contributed by atoms with van der Waals surface area (Å²) in [7, 11) is 1.51. The molecule has 0 heterocycles. The van der Waals surface area contributed by atoms with Crippen LogP contribution in [0.3, 0.4) is 0 Å². The highest BCUT2D eigenvalue weighted by Gasteiger charge is 2.28. The molecule has 12 nitrogen and oxygen atoms in total. The van der Waals surface area contributed by atoms with Gasteiger partial charge in [0.05, 0.1) is 30.7 Å². The number of aliphatic hydroxyl groups excluding tert-OH is 1. The number of urea groups is 1. The Morgan fingerprint density at radius 1 is 1.11 bits per heavy atom. The molecule has 12 heteroatoms. The van der Waals surface area contributed by atoms with E-state index in [2.05, 4.69) is 5.32 Å². The number of carbonyl (C=O) groups excluding carboxylic acids is 2. The van der Waals surface area contributed by atoms with Crippen molar-refractivity contribution in [1.82, 2.24) is 10.2 Å². The topological polar surface area (TPSA) is 169 Å². The number of nitrogens with zero attached hydrogens (tertiary/aromatic N) is 2. The maximum atomic E-state index is 12.9. The van der Waals surface area contributed by atoms with Crippen molar-refractivity contribution in [3.8, 4) is 16.9 Å². The summed E-state index contributed by atoms with van der Waals surface area (Å²) < 4.78 is 9.89. The van der Waals surface area contributed by atoms with Gasteiger partial charge in [0.25, 0.3) is 5.69 Å². The van der Waals surface area contributed by atoms with Crippen LogP contribution in [0.25, 0.3) is 11.1 Å². The van der Waals surface area contributed by atoms with Crippen LogP contribution in [0.2, 0.25) is 0 Å². The fraction of sp³-hybridized carbons (Fsp3) is 0.423. The Morgan fingerprint density at radius 3 is 2.29 bits per heavy atom. The second-order valence-electron chi connectivity index (χ2n) is 8.95. The van der Waals surface area contributed by atoms with Crippen LogP contribution in [0.4, 0.5) is 10.5 Å². The van der Waals surface area contributed by atoms with E-state index in [1.165, 1.54) is 19.2 Å².